The van der Waals surface area contributed by atoms with Crippen molar-refractivity contribution in [3.05, 3.63) is 80.6 Å². The summed E-state index contributed by atoms with van der Waals surface area (Å²) in [6.45, 7) is 1.14. The topological polar surface area (TPSA) is 167 Å². The van der Waals surface area contributed by atoms with Crippen molar-refractivity contribution >= 4 is 44.9 Å². The van der Waals surface area contributed by atoms with Crippen LogP contribution in [0, 0.1) is 17.0 Å². The SMILES string of the molecule is Cc1ncc(CO)c(/C=N/Nc2ccc([N+](=O)[O-])cc2S(=O)(=O)Nc2ccccc2Cl)c1O. The number of aromatic hydroxyl groups is 1. The number of hydrazone groups is 1. The molecular weight excluding hydrogens is 474 g/mol. The first-order chi connectivity index (χ1) is 15.6. The third kappa shape index (κ3) is 5.37. The van der Waals surface area contributed by atoms with Gasteiger partial charge in [-0.05, 0) is 25.1 Å². The molecule has 1 aromatic heterocycles. The van der Waals surface area contributed by atoms with Crippen LogP contribution in [0.25, 0.3) is 0 Å². The molecule has 11 nitrogen and oxygen atoms in total. The van der Waals surface area contributed by atoms with Gasteiger partial charge in [-0.2, -0.15) is 5.10 Å². The summed E-state index contributed by atoms with van der Waals surface area (Å²) < 4.78 is 28.3. The molecule has 3 aromatic rings. The zero-order valence-corrected chi connectivity index (χ0v) is 18.6. The maximum Gasteiger partial charge on any atom is 0.270 e. The number of hydrogen-bond acceptors (Lipinski definition) is 9. The summed E-state index contributed by atoms with van der Waals surface area (Å²) in [4.78, 5) is 14.0. The number of rotatable bonds is 8. The number of nitro groups is 1. The number of aromatic nitrogens is 1. The van der Waals surface area contributed by atoms with E-state index in [1.807, 2.05) is 0 Å². The van der Waals surface area contributed by atoms with Crippen molar-refractivity contribution < 1.29 is 23.6 Å². The van der Waals surface area contributed by atoms with E-state index in [0.717, 1.165) is 12.1 Å². The van der Waals surface area contributed by atoms with Crippen LogP contribution in [0.1, 0.15) is 16.8 Å². The number of nitro benzene ring substituents is 1. The molecule has 0 bridgehead atoms. The zero-order valence-electron chi connectivity index (χ0n) is 17.1. The van der Waals surface area contributed by atoms with Crippen LogP contribution < -0.4 is 10.1 Å². The Morgan fingerprint density at radius 3 is 2.64 bits per heavy atom. The highest BCUT2D eigenvalue weighted by Crippen LogP contribution is 2.30. The van der Waals surface area contributed by atoms with E-state index in [9.17, 15) is 28.7 Å². The minimum atomic E-state index is -4.32. The second kappa shape index (κ2) is 9.81. The molecule has 0 aliphatic heterocycles. The van der Waals surface area contributed by atoms with Crippen molar-refractivity contribution in [3.8, 4) is 5.75 Å². The minimum Gasteiger partial charge on any atom is -0.505 e. The van der Waals surface area contributed by atoms with Gasteiger partial charge in [0.05, 0.1) is 39.8 Å². The summed E-state index contributed by atoms with van der Waals surface area (Å²) in [5.74, 6) is -0.205. The van der Waals surface area contributed by atoms with E-state index in [2.05, 4.69) is 20.2 Å². The van der Waals surface area contributed by atoms with Gasteiger partial charge in [-0.1, -0.05) is 23.7 Å². The van der Waals surface area contributed by atoms with Crippen LogP contribution in [-0.4, -0.2) is 34.8 Å². The summed E-state index contributed by atoms with van der Waals surface area (Å²) in [5.41, 5.74) is 2.85. The fraction of sp³-hybridized carbons (Fsp3) is 0.100. The normalized spacial score (nSPS) is 11.5. The molecule has 33 heavy (non-hydrogen) atoms. The number of aliphatic hydroxyl groups excluding tert-OH is 1. The molecule has 3 rings (SSSR count). The number of para-hydroxylation sites is 1. The Labute approximate surface area is 193 Å². The van der Waals surface area contributed by atoms with Crippen molar-refractivity contribution in [2.24, 2.45) is 5.10 Å². The van der Waals surface area contributed by atoms with Crippen LogP contribution >= 0.6 is 11.6 Å². The van der Waals surface area contributed by atoms with Crippen LogP contribution in [-0.2, 0) is 16.6 Å². The molecule has 2 aromatic carbocycles. The smallest absolute Gasteiger partial charge is 0.270 e. The number of pyridine rings is 1. The van der Waals surface area contributed by atoms with E-state index in [4.69, 9.17) is 11.6 Å². The number of aryl methyl sites for hydroxylation is 1. The van der Waals surface area contributed by atoms with Gasteiger partial charge in [-0.25, -0.2) is 8.42 Å². The molecule has 0 amide bonds. The third-order valence-electron chi connectivity index (χ3n) is 4.49. The first-order valence-electron chi connectivity index (χ1n) is 9.27. The molecule has 0 aliphatic rings. The highest BCUT2D eigenvalue weighted by Gasteiger charge is 2.23. The molecule has 0 saturated heterocycles. The molecule has 0 fully saturated rings. The second-order valence-electron chi connectivity index (χ2n) is 6.68. The number of hydrogen-bond donors (Lipinski definition) is 4. The molecule has 0 aliphatic carbocycles. The average molecular weight is 492 g/mol. The number of aliphatic hydroxyl groups is 1. The first kappa shape index (κ1) is 23.9. The molecule has 0 saturated carbocycles. The number of halogens is 1. The van der Waals surface area contributed by atoms with E-state index in [1.54, 1.807) is 19.1 Å². The molecule has 4 N–H and O–H groups in total. The summed E-state index contributed by atoms with van der Waals surface area (Å²) in [6, 6.07) is 9.28. The van der Waals surface area contributed by atoms with E-state index >= 15 is 0 Å². The first-order valence-corrected chi connectivity index (χ1v) is 11.1. The Balaban J connectivity index is 2.00. The predicted octanol–water partition coefficient (Wildman–Crippen LogP) is 3.40. The number of sulfonamides is 1. The lowest BCUT2D eigenvalue weighted by molar-refractivity contribution is -0.385. The van der Waals surface area contributed by atoms with Crippen LogP contribution in [0.4, 0.5) is 17.1 Å². The highest BCUT2D eigenvalue weighted by atomic mass is 35.5. The largest absolute Gasteiger partial charge is 0.505 e. The Hall–Kier alpha value is -3.74. The van der Waals surface area contributed by atoms with Gasteiger partial charge in [0.25, 0.3) is 15.7 Å². The predicted molar refractivity (Wildman–Crippen MR) is 123 cm³/mol. The number of anilines is 2. The van der Waals surface area contributed by atoms with Crippen molar-refractivity contribution in [1.82, 2.24) is 4.98 Å². The average Bonchev–Trinajstić information content (AvgIpc) is 2.78. The maximum atomic E-state index is 13.0. The molecular formula is C20H18ClN5O6S. The Kier molecular flexibility index (Phi) is 7.11. The molecule has 1 heterocycles. The molecule has 172 valence electrons. The van der Waals surface area contributed by atoms with Gasteiger partial charge in [0.2, 0.25) is 0 Å². The van der Waals surface area contributed by atoms with Crippen LogP contribution in [0.15, 0.2) is 58.7 Å². The zero-order chi connectivity index (χ0) is 24.2. The Morgan fingerprint density at radius 1 is 1.24 bits per heavy atom. The van der Waals surface area contributed by atoms with Crippen molar-refractivity contribution in [2.75, 3.05) is 10.1 Å². The second-order valence-corrected chi connectivity index (χ2v) is 8.74. The van der Waals surface area contributed by atoms with Gasteiger partial charge < -0.3 is 10.2 Å². The number of nitrogens with one attached hydrogen (secondary N) is 2. The Bertz CT molecular complexity index is 1350. The van der Waals surface area contributed by atoms with Crippen molar-refractivity contribution in [2.45, 2.75) is 18.4 Å². The standard InChI is InChI=1S/C20H18ClN5O6S/c1-12-20(28)15(13(11-27)9-22-12)10-23-24-18-7-6-14(26(29)30)8-19(18)33(31,32)25-17-5-3-2-4-16(17)21/h2-10,24-25,27-28H,11H2,1H3/b23-10+. The monoisotopic (exact) mass is 491 g/mol. The van der Waals surface area contributed by atoms with Gasteiger partial charge >= 0.3 is 0 Å². The summed E-state index contributed by atoms with van der Waals surface area (Å²) in [5, 5.41) is 34.9. The van der Waals surface area contributed by atoms with Crippen molar-refractivity contribution in [1.29, 1.82) is 0 Å². The number of nitrogens with zero attached hydrogens (tertiary/aromatic N) is 3. The molecule has 0 spiro atoms. The highest BCUT2D eigenvalue weighted by molar-refractivity contribution is 7.93. The summed E-state index contributed by atoms with van der Waals surface area (Å²) in [6.07, 6.45) is 2.54. The summed E-state index contributed by atoms with van der Waals surface area (Å²) in [7, 11) is -4.32. The summed E-state index contributed by atoms with van der Waals surface area (Å²) >= 11 is 6.02. The van der Waals surface area contributed by atoms with Crippen LogP contribution in [0.3, 0.4) is 0 Å². The third-order valence-corrected chi connectivity index (χ3v) is 6.23. The molecule has 0 unspecified atom stereocenters. The fourth-order valence-corrected chi connectivity index (χ4v) is 4.27. The fourth-order valence-electron chi connectivity index (χ4n) is 2.77. The van der Waals surface area contributed by atoms with Gasteiger partial charge in [0.1, 0.15) is 10.6 Å². The lowest BCUT2D eigenvalue weighted by Gasteiger charge is -2.13. The van der Waals surface area contributed by atoms with E-state index in [1.165, 1.54) is 30.6 Å². The van der Waals surface area contributed by atoms with Gasteiger partial charge in [0.15, 0.2) is 0 Å². The molecule has 0 radical (unpaired) electrons. The van der Waals surface area contributed by atoms with Gasteiger partial charge in [0, 0.05) is 29.5 Å². The van der Waals surface area contributed by atoms with Crippen molar-refractivity contribution in [3.63, 3.8) is 0 Å². The van der Waals surface area contributed by atoms with E-state index < -0.39 is 32.1 Å². The van der Waals surface area contributed by atoms with Gasteiger partial charge in [-0.3, -0.25) is 25.2 Å². The van der Waals surface area contributed by atoms with Crippen LogP contribution in [0.5, 0.6) is 5.75 Å². The number of non-ortho nitro benzene ring substituents is 1. The number of benzene rings is 2. The van der Waals surface area contributed by atoms with Gasteiger partial charge in [-0.15, -0.1) is 0 Å². The molecule has 13 heteroatoms. The quantitative estimate of drug-likeness (QED) is 0.211. The lowest BCUT2D eigenvalue weighted by Crippen LogP contribution is -2.15. The van der Waals surface area contributed by atoms with E-state index in [-0.39, 0.29) is 27.7 Å². The Morgan fingerprint density at radius 2 is 1.97 bits per heavy atom. The van der Waals surface area contributed by atoms with Crippen LogP contribution in [0.2, 0.25) is 5.02 Å². The maximum absolute atomic E-state index is 13.0. The molecule has 0 atom stereocenters. The minimum absolute atomic E-state index is 0.0766. The van der Waals surface area contributed by atoms with E-state index in [0.29, 0.717) is 11.3 Å². The lowest BCUT2D eigenvalue weighted by atomic mass is 10.1.